The molecule has 0 aliphatic heterocycles. The summed E-state index contributed by atoms with van der Waals surface area (Å²) in [6, 6.07) is 5.94. The number of halogens is 1. The molecule has 0 radical (unpaired) electrons. The van der Waals surface area contributed by atoms with E-state index in [9.17, 15) is 4.79 Å². The molecule has 0 fully saturated rings. The van der Waals surface area contributed by atoms with Crippen molar-refractivity contribution in [3.63, 3.8) is 0 Å². The molecule has 1 aliphatic rings. The molecule has 4 nitrogen and oxygen atoms in total. The van der Waals surface area contributed by atoms with Crippen LogP contribution in [0.5, 0.6) is 0 Å². The summed E-state index contributed by atoms with van der Waals surface area (Å²) in [5.74, 6) is 0. The third-order valence-electron chi connectivity index (χ3n) is 3.73. The van der Waals surface area contributed by atoms with Gasteiger partial charge in [0.05, 0.1) is 18.7 Å². The van der Waals surface area contributed by atoms with E-state index in [4.69, 9.17) is 5.11 Å². The summed E-state index contributed by atoms with van der Waals surface area (Å²) in [5, 5.41) is 12.1. The van der Waals surface area contributed by atoms with Gasteiger partial charge < -0.3 is 15.3 Å². The number of benzene rings is 1. The molecule has 19 heavy (non-hydrogen) atoms. The SMILES string of the molecule is CC(CO)N(C)C(=O)NC1CCc2cc(Br)ccc21. The van der Waals surface area contributed by atoms with Gasteiger partial charge in [-0.05, 0) is 43.0 Å². The minimum absolute atomic E-state index is 0.0296. The normalized spacial score (nSPS) is 18.8. The highest BCUT2D eigenvalue weighted by Gasteiger charge is 2.26. The van der Waals surface area contributed by atoms with Gasteiger partial charge in [-0.3, -0.25) is 0 Å². The Morgan fingerprint density at radius 3 is 3.05 bits per heavy atom. The maximum absolute atomic E-state index is 12.1. The minimum Gasteiger partial charge on any atom is -0.394 e. The number of fused-ring (bicyclic) bond motifs is 1. The zero-order chi connectivity index (χ0) is 14.0. The smallest absolute Gasteiger partial charge is 0.317 e. The molecule has 5 heteroatoms. The van der Waals surface area contributed by atoms with Crippen LogP contribution in [0.25, 0.3) is 0 Å². The van der Waals surface area contributed by atoms with E-state index in [0.29, 0.717) is 0 Å². The lowest BCUT2D eigenvalue weighted by Crippen LogP contribution is -2.44. The summed E-state index contributed by atoms with van der Waals surface area (Å²) in [7, 11) is 1.70. The highest BCUT2D eigenvalue weighted by molar-refractivity contribution is 9.10. The first-order valence-electron chi connectivity index (χ1n) is 6.45. The quantitative estimate of drug-likeness (QED) is 0.896. The van der Waals surface area contributed by atoms with Gasteiger partial charge in [-0.25, -0.2) is 4.79 Å². The molecular weight excluding hydrogens is 308 g/mol. The maximum atomic E-state index is 12.1. The van der Waals surface area contributed by atoms with E-state index in [1.807, 2.05) is 13.0 Å². The second kappa shape index (κ2) is 5.92. The average Bonchev–Trinajstić information content (AvgIpc) is 2.79. The number of amides is 2. The number of hydrogen-bond donors (Lipinski definition) is 2. The van der Waals surface area contributed by atoms with Crippen molar-refractivity contribution in [1.82, 2.24) is 10.2 Å². The molecule has 104 valence electrons. The summed E-state index contributed by atoms with van der Waals surface area (Å²) in [6.45, 7) is 1.79. The molecule has 0 aromatic heterocycles. The summed E-state index contributed by atoms with van der Waals surface area (Å²) < 4.78 is 1.07. The van der Waals surface area contributed by atoms with E-state index in [0.717, 1.165) is 17.3 Å². The highest BCUT2D eigenvalue weighted by atomic mass is 79.9. The van der Waals surface area contributed by atoms with Gasteiger partial charge in [-0.1, -0.05) is 22.0 Å². The van der Waals surface area contributed by atoms with Gasteiger partial charge in [0.15, 0.2) is 0 Å². The lowest BCUT2D eigenvalue weighted by Gasteiger charge is -2.25. The summed E-state index contributed by atoms with van der Waals surface area (Å²) in [4.78, 5) is 13.6. The third kappa shape index (κ3) is 3.09. The van der Waals surface area contributed by atoms with Crippen molar-refractivity contribution in [2.24, 2.45) is 0 Å². The Morgan fingerprint density at radius 1 is 1.63 bits per heavy atom. The number of hydrogen-bond acceptors (Lipinski definition) is 2. The van der Waals surface area contributed by atoms with E-state index in [1.54, 1.807) is 7.05 Å². The van der Waals surface area contributed by atoms with Gasteiger partial charge in [0, 0.05) is 11.5 Å². The second-order valence-corrected chi connectivity index (χ2v) is 5.94. The summed E-state index contributed by atoms with van der Waals surface area (Å²) in [5.41, 5.74) is 2.49. The maximum Gasteiger partial charge on any atom is 0.317 e. The van der Waals surface area contributed by atoms with Gasteiger partial charge >= 0.3 is 6.03 Å². The molecule has 0 saturated heterocycles. The van der Waals surface area contributed by atoms with E-state index in [-0.39, 0.29) is 24.7 Å². The Bertz CT molecular complexity index is 479. The van der Waals surface area contributed by atoms with Crippen molar-refractivity contribution < 1.29 is 9.90 Å². The predicted molar refractivity (Wildman–Crippen MR) is 78.0 cm³/mol. The number of nitrogens with one attached hydrogen (secondary N) is 1. The predicted octanol–water partition coefficient (Wildman–Crippen LogP) is 2.46. The fourth-order valence-electron chi connectivity index (χ4n) is 2.31. The van der Waals surface area contributed by atoms with Gasteiger partial charge in [0.1, 0.15) is 0 Å². The van der Waals surface area contributed by atoms with Crippen molar-refractivity contribution in [2.45, 2.75) is 31.8 Å². The largest absolute Gasteiger partial charge is 0.394 e. The molecule has 2 unspecified atom stereocenters. The molecule has 1 aromatic carbocycles. The molecule has 2 atom stereocenters. The first kappa shape index (κ1) is 14.3. The summed E-state index contributed by atoms with van der Waals surface area (Å²) >= 11 is 3.46. The molecule has 2 N–H and O–H groups in total. The van der Waals surface area contributed by atoms with Crippen LogP contribution < -0.4 is 5.32 Å². The number of carbonyl (C=O) groups is 1. The number of urea groups is 1. The van der Waals surface area contributed by atoms with E-state index in [2.05, 4.69) is 33.4 Å². The lowest BCUT2D eigenvalue weighted by atomic mass is 10.1. The monoisotopic (exact) mass is 326 g/mol. The number of rotatable bonds is 3. The molecule has 1 aromatic rings. The van der Waals surface area contributed by atoms with Crippen LogP contribution in [0.1, 0.15) is 30.5 Å². The lowest BCUT2D eigenvalue weighted by molar-refractivity contribution is 0.155. The van der Waals surface area contributed by atoms with Gasteiger partial charge in [-0.15, -0.1) is 0 Å². The van der Waals surface area contributed by atoms with Gasteiger partial charge in [0.2, 0.25) is 0 Å². The highest BCUT2D eigenvalue weighted by Crippen LogP contribution is 2.32. The Balaban J connectivity index is 2.05. The van der Waals surface area contributed by atoms with Crippen LogP contribution >= 0.6 is 15.9 Å². The average molecular weight is 327 g/mol. The summed E-state index contributed by atoms with van der Waals surface area (Å²) in [6.07, 6.45) is 1.91. The first-order valence-corrected chi connectivity index (χ1v) is 7.24. The molecule has 1 aliphatic carbocycles. The van der Waals surface area contributed by atoms with Crippen molar-refractivity contribution in [3.05, 3.63) is 33.8 Å². The Labute approximate surface area is 121 Å². The van der Waals surface area contributed by atoms with Crippen LogP contribution in [0.3, 0.4) is 0 Å². The van der Waals surface area contributed by atoms with E-state index in [1.165, 1.54) is 16.0 Å². The van der Waals surface area contributed by atoms with Crippen LogP contribution in [0.15, 0.2) is 22.7 Å². The van der Waals surface area contributed by atoms with Crippen molar-refractivity contribution in [3.8, 4) is 0 Å². The standard InChI is InChI=1S/C14H19BrN2O2/c1-9(8-18)17(2)14(19)16-13-6-3-10-7-11(15)4-5-12(10)13/h4-5,7,9,13,18H,3,6,8H2,1-2H3,(H,16,19). The Morgan fingerprint density at radius 2 is 2.37 bits per heavy atom. The molecule has 2 amide bonds. The molecular formula is C14H19BrN2O2. The molecule has 2 rings (SSSR count). The minimum atomic E-state index is -0.175. The zero-order valence-corrected chi connectivity index (χ0v) is 12.8. The third-order valence-corrected chi connectivity index (χ3v) is 4.22. The van der Waals surface area contributed by atoms with Gasteiger partial charge in [0.25, 0.3) is 0 Å². The van der Waals surface area contributed by atoms with Gasteiger partial charge in [-0.2, -0.15) is 0 Å². The van der Waals surface area contributed by atoms with E-state index < -0.39 is 0 Å². The fourth-order valence-corrected chi connectivity index (χ4v) is 2.72. The Kier molecular flexibility index (Phi) is 4.47. The molecule has 0 spiro atoms. The molecule has 0 saturated carbocycles. The van der Waals surface area contributed by atoms with Crippen LogP contribution in [-0.4, -0.2) is 35.7 Å². The number of carbonyl (C=O) groups excluding carboxylic acids is 1. The van der Waals surface area contributed by atoms with Crippen LogP contribution in [0.2, 0.25) is 0 Å². The second-order valence-electron chi connectivity index (χ2n) is 5.03. The van der Waals surface area contributed by atoms with Crippen molar-refractivity contribution in [2.75, 3.05) is 13.7 Å². The Hall–Kier alpha value is -1.07. The molecule has 0 bridgehead atoms. The van der Waals surface area contributed by atoms with Crippen molar-refractivity contribution in [1.29, 1.82) is 0 Å². The van der Waals surface area contributed by atoms with Crippen molar-refractivity contribution >= 4 is 22.0 Å². The van der Waals surface area contributed by atoms with Crippen LogP contribution in [0, 0.1) is 0 Å². The fraction of sp³-hybridized carbons (Fsp3) is 0.500. The molecule has 0 heterocycles. The number of aliphatic hydroxyl groups is 1. The number of aryl methyl sites for hydroxylation is 1. The van der Waals surface area contributed by atoms with E-state index >= 15 is 0 Å². The number of nitrogens with zero attached hydrogens (tertiary/aromatic N) is 1. The zero-order valence-electron chi connectivity index (χ0n) is 11.2. The number of likely N-dealkylation sites (N-methyl/N-ethyl adjacent to an activating group) is 1. The van der Waals surface area contributed by atoms with Crippen LogP contribution in [-0.2, 0) is 6.42 Å². The number of aliphatic hydroxyl groups excluding tert-OH is 1. The topological polar surface area (TPSA) is 52.6 Å². The first-order chi connectivity index (χ1) is 9.02. The van der Waals surface area contributed by atoms with Crippen LogP contribution in [0.4, 0.5) is 4.79 Å².